The molecular formula is C58H121N3. The van der Waals surface area contributed by atoms with Crippen LogP contribution < -0.4 is 16.8 Å². The molecule has 0 saturated heterocycles. The lowest BCUT2D eigenvalue weighted by molar-refractivity contribution is 0.230. The highest BCUT2D eigenvalue weighted by Gasteiger charge is 2.33. The molecule has 0 aromatic heterocycles. The highest BCUT2D eigenvalue weighted by Crippen LogP contribution is 2.28. The van der Waals surface area contributed by atoms with E-state index in [0.29, 0.717) is 12.6 Å². The SMILES string of the molecule is CCCCCCCCCCCCCCCCCCC(NCCN)C(N)(CCCCCCCCCCCCCCCCCC)CCCCCCCCCCCCCCCCCC. The van der Waals surface area contributed by atoms with E-state index in [1.54, 1.807) is 0 Å². The number of unbranched alkanes of at least 4 members (excludes halogenated alkanes) is 45. The Kier molecular flexibility index (Phi) is 52.4. The summed E-state index contributed by atoms with van der Waals surface area (Å²) in [6, 6.07) is 0.412. The molecule has 0 aliphatic rings. The van der Waals surface area contributed by atoms with Gasteiger partial charge in [0.25, 0.3) is 0 Å². The minimum atomic E-state index is -0.0866. The molecule has 0 aromatic carbocycles. The number of hydrogen-bond acceptors (Lipinski definition) is 3. The maximum atomic E-state index is 7.57. The van der Waals surface area contributed by atoms with Crippen molar-refractivity contribution >= 4 is 0 Å². The zero-order chi connectivity index (χ0) is 44.3. The third-order valence-electron chi connectivity index (χ3n) is 14.6. The molecule has 1 unspecified atom stereocenters. The molecule has 0 aromatic rings. The van der Waals surface area contributed by atoms with Gasteiger partial charge in [-0.25, -0.2) is 0 Å². The van der Waals surface area contributed by atoms with Crippen LogP contribution in [0, 0.1) is 0 Å². The largest absolute Gasteiger partial charge is 0.329 e. The van der Waals surface area contributed by atoms with Crippen molar-refractivity contribution in [1.29, 1.82) is 0 Å². The molecule has 3 heteroatoms. The third-order valence-corrected chi connectivity index (χ3v) is 14.6. The maximum absolute atomic E-state index is 7.57. The van der Waals surface area contributed by atoms with Crippen LogP contribution in [0.4, 0.5) is 0 Å². The molecule has 0 heterocycles. The quantitative estimate of drug-likeness (QED) is 0.0534. The van der Waals surface area contributed by atoms with E-state index < -0.39 is 0 Å². The van der Waals surface area contributed by atoms with Crippen molar-refractivity contribution < 1.29 is 0 Å². The first kappa shape index (κ1) is 60.9. The van der Waals surface area contributed by atoms with Crippen LogP contribution in [0.3, 0.4) is 0 Å². The molecular weight excluding hydrogens is 739 g/mol. The Labute approximate surface area is 388 Å². The molecule has 0 saturated carbocycles. The fourth-order valence-electron chi connectivity index (χ4n) is 10.2. The zero-order valence-corrected chi connectivity index (χ0v) is 43.2. The van der Waals surface area contributed by atoms with Crippen molar-refractivity contribution in [3.05, 3.63) is 0 Å². The molecule has 5 N–H and O–H groups in total. The second-order valence-electron chi connectivity index (χ2n) is 20.7. The topological polar surface area (TPSA) is 64.1 Å². The highest BCUT2D eigenvalue weighted by molar-refractivity contribution is 4.96. The van der Waals surface area contributed by atoms with E-state index in [1.165, 1.54) is 327 Å². The summed E-state index contributed by atoms with van der Waals surface area (Å²) in [6.45, 7) is 8.56. The fraction of sp³-hybridized carbons (Fsp3) is 1.00. The van der Waals surface area contributed by atoms with Crippen molar-refractivity contribution in [3.8, 4) is 0 Å². The number of nitrogens with two attached hydrogens (primary N) is 2. The van der Waals surface area contributed by atoms with E-state index in [2.05, 4.69) is 26.1 Å². The third kappa shape index (κ3) is 46.2. The van der Waals surface area contributed by atoms with Crippen molar-refractivity contribution in [3.63, 3.8) is 0 Å². The van der Waals surface area contributed by atoms with Gasteiger partial charge in [0.1, 0.15) is 0 Å². The summed E-state index contributed by atoms with van der Waals surface area (Å²) in [6.07, 6.45) is 72.1. The Balaban J connectivity index is 4.51. The van der Waals surface area contributed by atoms with Gasteiger partial charge in [-0.05, 0) is 19.3 Å². The molecule has 3 nitrogen and oxygen atoms in total. The summed E-state index contributed by atoms with van der Waals surface area (Å²) >= 11 is 0. The number of nitrogens with one attached hydrogen (secondary N) is 1. The van der Waals surface area contributed by atoms with E-state index in [0.717, 1.165) is 6.54 Å². The van der Waals surface area contributed by atoms with E-state index in [4.69, 9.17) is 11.5 Å². The van der Waals surface area contributed by atoms with Gasteiger partial charge >= 0.3 is 0 Å². The van der Waals surface area contributed by atoms with E-state index >= 15 is 0 Å². The van der Waals surface area contributed by atoms with Crippen LogP contribution in [0.5, 0.6) is 0 Å². The van der Waals surface area contributed by atoms with Gasteiger partial charge in [-0.15, -0.1) is 0 Å². The van der Waals surface area contributed by atoms with Crippen LogP contribution in [0.25, 0.3) is 0 Å². The average molecular weight is 861 g/mol. The lowest BCUT2D eigenvalue weighted by Gasteiger charge is -2.39. The zero-order valence-electron chi connectivity index (χ0n) is 43.2. The van der Waals surface area contributed by atoms with Crippen LogP contribution in [0.15, 0.2) is 0 Å². The number of rotatable bonds is 55. The Morgan fingerprint density at radius 2 is 0.492 bits per heavy atom. The van der Waals surface area contributed by atoms with Gasteiger partial charge < -0.3 is 16.8 Å². The van der Waals surface area contributed by atoms with E-state index in [-0.39, 0.29) is 5.54 Å². The van der Waals surface area contributed by atoms with Crippen LogP contribution in [0.2, 0.25) is 0 Å². The van der Waals surface area contributed by atoms with Crippen LogP contribution in [-0.2, 0) is 0 Å². The molecule has 0 rings (SSSR count). The van der Waals surface area contributed by atoms with Gasteiger partial charge in [-0.3, -0.25) is 0 Å². The Morgan fingerprint density at radius 3 is 0.705 bits per heavy atom. The molecule has 61 heavy (non-hydrogen) atoms. The van der Waals surface area contributed by atoms with E-state index in [1.807, 2.05) is 0 Å². The van der Waals surface area contributed by atoms with Crippen LogP contribution in [-0.4, -0.2) is 24.7 Å². The van der Waals surface area contributed by atoms with Gasteiger partial charge in [0.05, 0.1) is 0 Å². The van der Waals surface area contributed by atoms with Gasteiger partial charge in [-0.2, -0.15) is 0 Å². The Bertz CT molecular complexity index is 732. The minimum Gasteiger partial charge on any atom is -0.329 e. The molecule has 0 fully saturated rings. The molecule has 1 atom stereocenters. The molecule has 0 aliphatic carbocycles. The molecule has 0 radical (unpaired) electrons. The van der Waals surface area contributed by atoms with Crippen molar-refractivity contribution in [2.75, 3.05) is 13.1 Å². The summed E-state index contributed by atoms with van der Waals surface area (Å²) in [7, 11) is 0. The Hall–Kier alpha value is -0.120. The first-order valence-corrected chi connectivity index (χ1v) is 29.4. The summed E-state index contributed by atoms with van der Waals surface area (Å²) in [5, 5.41) is 3.92. The standard InChI is InChI=1S/C58H121N3/c1-4-7-10-13-16-19-22-25-28-31-34-37-40-43-46-49-52-57(61-56-55-59)58(60,53-50-47-44-41-38-35-32-29-26-23-20-17-14-11-8-5-2)54-51-48-45-42-39-36-33-30-27-24-21-18-15-12-9-6-3/h57,61H,4-56,59-60H2,1-3H3. The van der Waals surface area contributed by atoms with Crippen molar-refractivity contribution in [2.24, 2.45) is 11.5 Å². The molecule has 0 aliphatic heterocycles. The van der Waals surface area contributed by atoms with Crippen molar-refractivity contribution in [1.82, 2.24) is 5.32 Å². The first-order chi connectivity index (χ1) is 30.1. The molecule has 0 bridgehead atoms. The summed E-state index contributed by atoms with van der Waals surface area (Å²) in [5.74, 6) is 0. The van der Waals surface area contributed by atoms with Gasteiger partial charge in [0.2, 0.25) is 0 Å². The molecule has 0 amide bonds. The normalized spacial score (nSPS) is 12.5. The average Bonchev–Trinajstić information content (AvgIpc) is 3.26. The van der Waals surface area contributed by atoms with Gasteiger partial charge in [0, 0.05) is 24.7 Å². The lowest BCUT2D eigenvalue weighted by Crippen LogP contribution is -2.58. The second-order valence-corrected chi connectivity index (χ2v) is 20.7. The monoisotopic (exact) mass is 860 g/mol. The predicted molar refractivity (Wildman–Crippen MR) is 280 cm³/mol. The second kappa shape index (κ2) is 52.5. The van der Waals surface area contributed by atoms with Crippen LogP contribution in [0.1, 0.15) is 348 Å². The smallest absolute Gasteiger partial charge is 0.0309 e. The number of hydrogen-bond donors (Lipinski definition) is 3. The minimum absolute atomic E-state index is 0.0866. The lowest BCUT2D eigenvalue weighted by atomic mass is 9.78. The summed E-state index contributed by atoms with van der Waals surface area (Å²) < 4.78 is 0. The summed E-state index contributed by atoms with van der Waals surface area (Å²) in [5.41, 5.74) is 13.6. The highest BCUT2D eigenvalue weighted by atomic mass is 15.0. The van der Waals surface area contributed by atoms with Crippen LogP contribution >= 0.6 is 0 Å². The summed E-state index contributed by atoms with van der Waals surface area (Å²) in [4.78, 5) is 0. The first-order valence-electron chi connectivity index (χ1n) is 29.4. The van der Waals surface area contributed by atoms with Gasteiger partial charge in [-0.1, -0.05) is 329 Å². The van der Waals surface area contributed by atoms with E-state index in [9.17, 15) is 0 Å². The molecule has 0 spiro atoms. The molecule has 368 valence electrons. The Morgan fingerprint density at radius 1 is 0.295 bits per heavy atom. The van der Waals surface area contributed by atoms with Crippen molar-refractivity contribution in [2.45, 2.75) is 360 Å². The van der Waals surface area contributed by atoms with Gasteiger partial charge in [0.15, 0.2) is 0 Å². The fourth-order valence-corrected chi connectivity index (χ4v) is 10.2. The maximum Gasteiger partial charge on any atom is 0.0309 e. The predicted octanol–water partition coefficient (Wildman–Crippen LogP) is 19.6.